The number of anilines is 1. The lowest BCUT2D eigenvalue weighted by Gasteiger charge is -2.63. The lowest BCUT2D eigenvalue weighted by molar-refractivity contribution is -0.164. The highest BCUT2D eigenvalue weighted by atomic mass is 79.9. The average molecular weight is 642 g/mol. The van der Waals surface area contributed by atoms with Gasteiger partial charge in [-0.25, -0.2) is 9.97 Å². The van der Waals surface area contributed by atoms with Crippen LogP contribution in [0, 0.1) is 28.1 Å². The fourth-order valence-corrected chi connectivity index (χ4v) is 7.48. The third-order valence-electron chi connectivity index (χ3n) is 8.98. The zero-order valence-electron chi connectivity index (χ0n) is 24.2. The van der Waals surface area contributed by atoms with Gasteiger partial charge in [-0.15, -0.1) is 0 Å². The smallest absolute Gasteiger partial charge is 0.254 e. The predicted octanol–water partition coefficient (Wildman–Crippen LogP) is 5.81. The van der Waals surface area contributed by atoms with Crippen molar-refractivity contribution >= 4 is 39.4 Å². The van der Waals surface area contributed by atoms with Crippen LogP contribution in [0.2, 0.25) is 5.02 Å². The molecule has 0 atom stereocenters. The molecule has 2 aliphatic heterocycles. The van der Waals surface area contributed by atoms with Crippen LogP contribution in [0.5, 0.6) is 5.75 Å². The monoisotopic (exact) mass is 640 g/mol. The van der Waals surface area contributed by atoms with Gasteiger partial charge in [-0.3, -0.25) is 9.69 Å². The molecule has 10 heteroatoms. The minimum absolute atomic E-state index is 0.128. The molecule has 3 heterocycles. The Hall–Kier alpha value is -2.67. The van der Waals surface area contributed by atoms with E-state index in [4.69, 9.17) is 21.6 Å². The number of halogens is 2. The highest BCUT2D eigenvalue weighted by molar-refractivity contribution is 9.11. The summed E-state index contributed by atoms with van der Waals surface area (Å²) in [5, 5.41) is 12.7. The SMILES string of the molecule is CC1(C)C(NC(=O)c2cnc(N3CCC(CN4CC=C(Br)CC4)CC3)nc2)C(C)(C)C1Oc1ccc(C#N)c(Cl)c1. The third kappa shape index (κ3) is 6.25. The summed E-state index contributed by atoms with van der Waals surface area (Å²) in [6.45, 7) is 13.5. The number of piperidine rings is 1. The molecule has 2 aromatic rings. The van der Waals surface area contributed by atoms with Gasteiger partial charge in [0.25, 0.3) is 5.91 Å². The van der Waals surface area contributed by atoms with E-state index in [0.29, 0.717) is 33.8 Å². The molecule has 0 spiro atoms. The highest BCUT2D eigenvalue weighted by Gasteiger charge is 2.64. The first kappa shape index (κ1) is 29.8. The van der Waals surface area contributed by atoms with E-state index in [1.807, 2.05) is 0 Å². The van der Waals surface area contributed by atoms with E-state index in [-0.39, 0.29) is 28.9 Å². The second-order valence-corrected chi connectivity index (χ2v) is 14.1. The summed E-state index contributed by atoms with van der Waals surface area (Å²) in [4.78, 5) is 27.1. The second-order valence-electron chi connectivity index (χ2n) is 12.7. The van der Waals surface area contributed by atoms with Crippen molar-refractivity contribution in [2.24, 2.45) is 16.7 Å². The summed E-state index contributed by atoms with van der Waals surface area (Å²) in [6.07, 6.45) is 8.72. The van der Waals surface area contributed by atoms with Crippen LogP contribution in [-0.4, -0.2) is 65.6 Å². The van der Waals surface area contributed by atoms with Gasteiger partial charge in [0.2, 0.25) is 5.95 Å². The van der Waals surface area contributed by atoms with Crippen molar-refractivity contribution in [3.63, 3.8) is 0 Å². The van der Waals surface area contributed by atoms with Crippen molar-refractivity contribution in [2.45, 2.75) is 59.1 Å². The van der Waals surface area contributed by atoms with Crippen molar-refractivity contribution in [2.75, 3.05) is 37.6 Å². The largest absolute Gasteiger partial charge is 0.489 e. The van der Waals surface area contributed by atoms with Crippen molar-refractivity contribution < 1.29 is 9.53 Å². The molecule has 0 unspecified atom stereocenters. The van der Waals surface area contributed by atoms with Crippen LogP contribution >= 0.6 is 27.5 Å². The fourth-order valence-electron chi connectivity index (χ4n) is 6.94. The van der Waals surface area contributed by atoms with E-state index in [0.717, 1.165) is 52.0 Å². The Balaban J connectivity index is 1.14. The van der Waals surface area contributed by atoms with E-state index >= 15 is 0 Å². The van der Waals surface area contributed by atoms with Gasteiger partial charge in [-0.2, -0.15) is 5.26 Å². The predicted molar refractivity (Wildman–Crippen MR) is 164 cm³/mol. The number of amides is 1. The van der Waals surface area contributed by atoms with E-state index in [9.17, 15) is 4.79 Å². The van der Waals surface area contributed by atoms with Gasteiger partial charge in [0.1, 0.15) is 17.9 Å². The topological polar surface area (TPSA) is 94.4 Å². The molecule has 1 N–H and O–H groups in total. The summed E-state index contributed by atoms with van der Waals surface area (Å²) >= 11 is 9.82. The number of nitrogens with one attached hydrogen (secondary N) is 1. The Morgan fingerprint density at radius 1 is 1.17 bits per heavy atom. The van der Waals surface area contributed by atoms with Gasteiger partial charge in [-0.1, -0.05) is 61.3 Å². The molecular formula is C31H38BrClN6O2. The third-order valence-corrected chi connectivity index (χ3v) is 10.0. The molecule has 1 saturated heterocycles. The van der Waals surface area contributed by atoms with Crippen LogP contribution in [0.3, 0.4) is 0 Å². The van der Waals surface area contributed by atoms with Gasteiger partial charge in [0.15, 0.2) is 0 Å². The number of carbonyl (C=O) groups is 1. The number of hydrogen-bond acceptors (Lipinski definition) is 7. The minimum Gasteiger partial charge on any atom is -0.489 e. The molecule has 1 aromatic heterocycles. The van der Waals surface area contributed by atoms with E-state index < -0.39 is 0 Å². The molecule has 1 aromatic carbocycles. The van der Waals surface area contributed by atoms with E-state index in [2.05, 4.69) is 80.9 Å². The van der Waals surface area contributed by atoms with Crippen LogP contribution in [0.1, 0.15) is 62.9 Å². The molecule has 1 amide bonds. The summed E-state index contributed by atoms with van der Waals surface area (Å²) in [5.74, 6) is 1.79. The van der Waals surface area contributed by atoms with Crippen molar-refractivity contribution in [3.8, 4) is 11.8 Å². The van der Waals surface area contributed by atoms with Crippen LogP contribution < -0.4 is 15.0 Å². The number of benzene rings is 1. The Kier molecular flexibility index (Phi) is 8.66. The zero-order valence-corrected chi connectivity index (χ0v) is 26.5. The molecule has 1 aliphatic carbocycles. The first-order chi connectivity index (χ1) is 19.5. The maximum absolute atomic E-state index is 13.2. The van der Waals surface area contributed by atoms with Crippen molar-refractivity contribution in [1.82, 2.24) is 20.2 Å². The van der Waals surface area contributed by atoms with Crippen molar-refractivity contribution in [1.29, 1.82) is 5.26 Å². The number of rotatable bonds is 7. The van der Waals surface area contributed by atoms with Gasteiger partial charge in [-0.05, 0) is 41.8 Å². The lowest BCUT2D eigenvalue weighted by atomic mass is 9.49. The first-order valence-corrected chi connectivity index (χ1v) is 15.5. The van der Waals surface area contributed by atoms with Gasteiger partial charge < -0.3 is 15.0 Å². The quantitative estimate of drug-likeness (QED) is 0.408. The number of hydrogen-bond donors (Lipinski definition) is 1. The number of nitrogens with zero attached hydrogens (tertiary/aromatic N) is 5. The van der Waals surface area contributed by atoms with Gasteiger partial charge in [0, 0.05) is 68.1 Å². The molecule has 8 nitrogen and oxygen atoms in total. The van der Waals surface area contributed by atoms with Crippen LogP contribution in [0.25, 0.3) is 0 Å². The Morgan fingerprint density at radius 3 is 2.44 bits per heavy atom. The average Bonchev–Trinajstić information content (AvgIpc) is 2.96. The van der Waals surface area contributed by atoms with E-state index in [1.54, 1.807) is 30.6 Å². The zero-order chi connectivity index (χ0) is 29.4. The van der Waals surface area contributed by atoms with Gasteiger partial charge in [0.05, 0.1) is 16.1 Å². The molecule has 0 radical (unpaired) electrons. The molecule has 218 valence electrons. The molecule has 2 fully saturated rings. The Bertz CT molecular complexity index is 1330. The van der Waals surface area contributed by atoms with E-state index in [1.165, 1.54) is 4.48 Å². The standard InChI is InChI=1S/C31H38BrClN6O2/c1-30(2)27(31(3,4)28(30)41-24-6-5-21(16-34)25(33)15-24)37-26(40)22-17-35-29(36-18-22)39-13-7-20(8-14-39)19-38-11-9-23(32)10-12-38/h5-6,9,15,17-18,20,27-28H,7-8,10-14,19H2,1-4H3,(H,37,40). The molecule has 1 saturated carbocycles. The van der Waals surface area contributed by atoms with Crippen LogP contribution in [0.4, 0.5) is 5.95 Å². The number of aromatic nitrogens is 2. The molecule has 0 bridgehead atoms. The highest BCUT2D eigenvalue weighted by Crippen LogP contribution is 2.55. The number of carbonyl (C=O) groups excluding carboxylic acids is 1. The summed E-state index contributed by atoms with van der Waals surface area (Å²) < 4.78 is 7.65. The Morgan fingerprint density at radius 2 is 1.85 bits per heavy atom. The lowest BCUT2D eigenvalue weighted by Crippen LogP contribution is -2.74. The maximum atomic E-state index is 13.2. The Labute approximate surface area is 256 Å². The number of nitriles is 1. The maximum Gasteiger partial charge on any atom is 0.254 e. The molecule has 3 aliphatic rings. The summed E-state index contributed by atoms with van der Waals surface area (Å²) in [5.41, 5.74) is 0.174. The minimum atomic E-state index is -0.342. The summed E-state index contributed by atoms with van der Waals surface area (Å²) in [7, 11) is 0. The van der Waals surface area contributed by atoms with Crippen LogP contribution in [-0.2, 0) is 0 Å². The second kappa shape index (κ2) is 11.9. The fraction of sp³-hybridized carbons (Fsp3) is 0.548. The van der Waals surface area contributed by atoms with Gasteiger partial charge >= 0.3 is 0 Å². The molecule has 41 heavy (non-hydrogen) atoms. The molecule has 5 rings (SSSR count). The van der Waals surface area contributed by atoms with Crippen LogP contribution in [0.15, 0.2) is 41.2 Å². The summed E-state index contributed by atoms with van der Waals surface area (Å²) in [6, 6.07) is 7.03. The first-order valence-electron chi connectivity index (χ1n) is 14.3. The normalized spacial score (nSPS) is 24.1. The van der Waals surface area contributed by atoms with Crippen molar-refractivity contribution in [3.05, 3.63) is 57.3 Å². The molecular weight excluding hydrogens is 604 g/mol. The number of ether oxygens (including phenoxy) is 1.